The molecule has 3 heterocycles. The van der Waals surface area contributed by atoms with E-state index >= 15 is 0 Å². The van der Waals surface area contributed by atoms with E-state index in [1.54, 1.807) is 19.2 Å². The Hall–Kier alpha value is -3.61. The molecule has 0 saturated heterocycles. The van der Waals surface area contributed by atoms with Crippen LogP contribution >= 0.6 is 0 Å². The van der Waals surface area contributed by atoms with Crippen LogP contribution in [0, 0.1) is 6.92 Å². The molecule has 0 aliphatic carbocycles. The number of fused-ring (bicyclic) bond motifs is 1. The van der Waals surface area contributed by atoms with Crippen molar-refractivity contribution in [2.75, 3.05) is 25.1 Å². The Bertz CT molecular complexity index is 1300. The summed E-state index contributed by atoms with van der Waals surface area (Å²) in [5.74, 6) is 0.222. The molecule has 0 aliphatic heterocycles. The number of halogens is 3. The van der Waals surface area contributed by atoms with Crippen LogP contribution in [0.1, 0.15) is 17.7 Å². The van der Waals surface area contributed by atoms with Crippen molar-refractivity contribution in [1.82, 2.24) is 24.7 Å². The average Bonchev–Trinajstić information content (AvgIpc) is 3.47. The summed E-state index contributed by atoms with van der Waals surface area (Å²) in [6.45, 7) is 0.731. The highest BCUT2D eigenvalue weighted by molar-refractivity contribution is 7.86. The quantitative estimate of drug-likeness (QED) is 0.377. The van der Waals surface area contributed by atoms with Crippen LogP contribution in [0.2, 0.25) is 0 Å². The fraction of sp³-hybridized carbons (Fsp3) is 0.250. The number of hydrogen-bond acceptors (Lipinski definition) is 6. The van der Waals surface area contributed by atoms with E-state index in [2.05, 4.69) is 24.8 Å². The second-order valence-corrected chi connectivity index (χ2v) is 7.89. The van der Waals surface area contributed by atoms with Gasteiger partial charge in [0.05, 0.1) is 28.9 Å². The number of nitrogens with zero attached hydrogens (tertiary/aromatic N) is 4. The molecule has 0 fully saturated rings. The molecule has 4 aromatic rings. The van der Waals surface area contributed by atoms with Gasteiger partial charge in [-0.15, -0.1) is 0 Å². The highest BCUT2D eigenvalue weighted by Crippen LogP contribution is 2.34. The van der Waals surface area contributed by atoms with Gasteiger partial charge < -0.3 is 14.5 Å². The number of H-pyrrole nitrogens is 1. The Balaban J connectivity index is 1.70. The van der Waals surface area contributed by atoms with Crippen LogP contribution in [0.25, 0.3) is 16.6 Å². The molecule has 0 saturated carbocycles. The number of alkyl halides is 3. The summed E-state index contributed by atoms with van der Waals surface area (Å²) in [6, 6.07) is 4.36. The lowest BCUT2D eigenvalue weighted by Gasteiger charge is -2.13. The third-order valence-electron chi connectivity index (χ3n) is 4.70. The molecular weight excluding hydrogens is 461 g/mol. The lowest BCUT2D eigenvalue weighted by atomic mass is 10.1. The molecule has 0 radical (unpaired) electrons. The summed E-state index contributed by atoms with van der Waals surface area (Å²) in [5, 5.41) is 4.52. The van der Waals surface area contributed by atoms with Gasteiger partial charge in [-0.3, -0.25) is 4.72 Å². The van der Waals surface area contributed by atoms with Gasteiger partial charge in [-0.25, -0.2) is 27.0 Å². The fourth-order valence-corrected chi connectivity index (χ4v) is 4.22. The van der Waals surface area contributed by atoms with Gasteiger partial charge in [0.2, 0.25) is 11.7 Å². The number of anilines is 1. The number of aromatic amines is 1. The predicted octanol–water partition coefficient (Wildman–Crippen LogP) is 3.88. The Morgan fingerprint density at radius 3 is 2.79 bits per heavy atom. The van der Waals surface area contributed by atoms with Crippen LogP contribution in [0.15, 0.2) is 41.7 Å². The van der Waals surface area contributed by atoms with Crippen LogP contribution in [-0.2, 0) is 11.0 Å². The summed E-state index contributed by atoms with van der Waals surface area (Å²) in [7, 11) is -0.498. The Morgan fingerprint density at radius 1 is 1.30 bits per heavy atom. The van der Waals surface area contributed by atoms with Gasteiger partial charge in [0.25, 0.3) is 12.3 Å². The summed E-state index contributed by atoms with van der Waals surface area (Å²) in [6.07, 6.45) is 1.75. The number of rotatable bonds is 9. The standard InChI is InChI=1S/C20H19F3N6O3S/c1-11-17(32-9-6-21)19(31-2)27-20(26-11)28-33(30)14-10-24-15-12(14)4-5-13(18(22)23)16(15)29-8-3-7-25-29/h3-5,7-8,10,18,24H,6,9H2,1-2H3,(H,26,27,28). The number of hydrogen-bond donors (Lipinski definition) is 2. The smallest absolute Gasteiger partial charge is 0.266 e. The zero-order valence-corrected chi connectivity index (χ0v) is 18.3. The number of ether oxygens (including phenoxy) is 2. The van der Waals surface area contributed by atoms with Crippen molar-refractivity contribution in [2.24, 2.45) is 0 Å². The van der Waals surface area contributed by atoms with E-state index in [1.807, 2.05) is 0 Å². The summed E-state index contributed by atoms with van der Waals surface area (Å²) < 4.78 is 67.3. The van der Waals surface area contributed by atoms with E-state index in [1.165, 1.54) is 36.3 Å². The van der Waals surface area contributed by atoms with E-state index in [-0.39, 0.29) is 35.4 Å². The van der Waals surface area contributed by atoms with E-state index in [0.29, 0.717) is 21.5 Å². The van der Waals surface area contributed by atoms with Crippen LogP contribution in [0.3, 0.4) is 0 Å². The first-order valence-electron chi connectivity index (χ1n) is 9.66. The second kappa shape index (κ2) is 9.48. The second-order valence-electron chi connectivity index (χ2n) is 6.71. The third kappa shape index (κ3) is 4.35. The van der Waals surface area contributed by atoms with Gasteiger partial charge in [-0.2, -0.15) is 10.1 Å². The SMILES string of the molecule is COc1nc(NS(=O)c2c[nH]c3c(-n4cccn4)c(C(F)F)ccc23)nc(C)c1OCCF. The molecular formula is C20H19F3N6O3S. The van der Waals surface area contributed by atoms with Crippen molar-refractivity contribution in [2.45, 2.75) is 18.2 Å². The first kappa shape index (κ1) is 22.6. The summed E-state index contributed by atoms with van der Waals surface area (Å²) in [4.78, 5) is 11.5. The molecule has 174 valence electrons. The van der Waals surface area contributed by atoms with Crippen molar-refractivity contribution in [3.05, 3.63) is 48.0 Å². The Kier molecular flexibility index (Phi) is 6.49. The molecule has 2 N–H and O–H groups in total. The molecule has 1 unspecified atom stereocenters. The molecule has 13 heteroatoms. The van der Waals surface area contributed by atoms with Crippen LogP contribution < -0.4 is 14.2 Å². The van der Waals surface area contributed by atoms with Crippen molar-refractivity contribution < 1.29 is 26.9 Å². The summed E-state index contributed by atoms with van der Waals surface area (Å²) >= 11 is 0. The summed E-state index contributed by atoms with van der Waals surface area (Å²) in [5.41, 5.74) is 0.660. The number of benzene rings is 1. The zero-order chi connectivity index (χ0) is 23.5. The first-order valence-corrected chi connectivity index (χ1v) is 10.8. The fourth-order valence-electron chi connectivity index (χ4n) is 3.32. The first-order chi connectivity index (χ1) is 15.9. The van der Waals surface area contributed by atoms with Crippen LogP contribution in [-0.4, -0.2) is 49.3 Å². The predicted molar refractivity (Wildman–Crippen MR) is 115 cm³/mol. The molecule has 9 nitrogen and oxygen atoms in total. The molecule has 0 amide bonds. The third-order valence-corrected chi connectivity index (χ3v) is 5.80. The molecule has 0 bridgehead atoms. The Labute approximate surface area is 188 Å². The average molecular weight is 480 g/mol. The van der Waals surface area contributed by atoms with E-state index < -0.39 is 24.1 Å². The van der Waals surface area contributed by atoms with E-state index in [0.717, 1.165) is 0 Å². The van der Waals surface area contributed by atoms with Gasteiger partial charge >= 0.3 is 0 Å². The number of aromatic nitrogens is 5. The lowest BCUT2D eigenvalue weighted by molar-refractivity contribution is 0.151. The van der Waals surface area contributed by atoms with E-state index in [4.69, 9.17) is 9.47 Å². The van der Waals surface area contributed by atoms with Gasteiger partial charge in [-0.1, -0.05) is 12.1 Å². The number of methoxy groups -OCH3 is 1. The van der Waals surface area contributed by atoms with Gasteiger partial charge in [0, 0.05) is 29.5 Å². The van der Waals surface area contributed by atoms with Crippen molar-refractivity contribution >= 4 is 27.8 Å². The molecule has 0 aliphatic rings. The maximum Gasteiger partial charge on any atom is 0.266 e. The maximum atomic E-state index is 13.6. The minimum absolute atomic E-state index is 0.0128. The monoisotopic (exact) mass is 480 g/mol. The normalized spacial score (nSPS) is 12.3. The maximum absolute atomic E-state index is 13.6. The highest BCUT2D eigenvalue weighted by atomic mass is 32.2. The zero-order valence-electron chi connectivity index (χ0n) is 17.5. The highest BCUT2D eigenvalue weighted by Gasteiger charge is 2.22. The van der Waals surface area contributed by atoms with Crippen molar-refractivity contribution in [1.29, 1.82) is 0 Å². The molecule has 33 heavy (non-hydrogen) atoms. The van der Waals surface area contributed by atoms with Gasteiger partial charge in [-0.05, 0) is 13.0 Å². The Morgan fingerprint density at radius 2 is 2.12 bits per heavy atom. The van der Waals surface area contributed by atoms with Crippen molar-refractivity contribution in [3.8, 4) is 17.3 Å². The van der Waals surface area contributed by atoms with Crippen LogP contribution in [0.5, 0.6) is 11.6 Å². The minimum atomic E-state index is -2.73. The molecule has 0 spiro atoms. The minimum Gasteiger partial charge on any atom is -0.484 e. The molecule has 4 rings (SSSR count). The number of nitrogens with one attached hydrogen (secondary N) is 2. The molecule has 3 aromatic heterocycles. The molecule has 1 aromatic carbocycles. The number of aryl methyl sites for hydroxylation is 1. The topological polar surface area (TPSA) is 107 Å². The van der Waals surface area contributed by atoms with E-state index in [9.17, 15) is 17.4 Å². The van der Waals surface area contributed by atoms with Crippen molar-refractivity contribution in [3.63, 3.8) is 0 Å². The molecule has 1 atom stereocenters. The lowest BCUT2D eigenvalue weighted by Crippen LogP contribution is -2.11. The van der Waals surface area contributed by atoms with Gasteiger partial charge in [0.1, 0.15) is 13.3 Å². The largest absolute Gasteiger partial charge is 0.484 e. The van der Waals surface area contributed by atoms with Gasteiger partial charge in [0.15, 0.2) is 11.0 Å². The van der Waals surface area contributed by atoms with Crippen LogP contribution in [0.4, 0.5) is 19.1 Å².